The van der Waals surface area contributed by atoms with E-state index >= 15 is 0 Å². The molecule has 0 amide bonds. The molecule has 2 rings (SSSR count). The van der Waals surface area contributed by atoms with E-state index in [4.69, 9.17) is 10.7 Å². The Morgan fingerprint density at radius 1 is 1.52 bits per heavy atom. The Labute approximate surface area is 134 Å². The quantitative estimate of drug-likeness (QED) is 0.757. The molecule has 3 heteroatoms. The van der Waals surface area contributed by atoms with E-state index in [1.807, 2.05) is 11.8 Å². The second-order valence-electron chi connectivity index (χ2n) is 7.37. The van der Waals surface area contributed by atoms with Crippen LogP contribution >= 0.6 is 11.8 Å². The van der Waals surface area contributed by atoms with Crippen molar-refractivity contribution in [2.75, 3.05) is 0 Å². The minimum atomic E-state index is -0.0791. The number of thioether (sulfide) groups is 1. The van der Waals surface area contributed by atoms with Gasteiger partial charge in [0.25, 0.3) is 0 Å². The third-order valence-electron chi connectivity index (χ3n) is 4.49. The Morgan fingerprint density at radius 2 is 2.24 bits per heavy atom. The third kappa shape index (κ3) is 4.46. The van der Waals surface area contributed by atoms with Crippen LogP contribution in [0, 0.1) is 11.8 Å². The van der Waals surface area contributed by atoms with Gasteiger partial charge in [-0.2, -0.15) is 0 Å². The van der Waals surface area contributed by atoms with Gasteiger partial charge in [-0.05, 0) is 63.4 Å². The van der Waals surface area contributed by atoms with Crippen molar-refractivity contribution < 1.29 is 0 Å². The van der Waals surface area contributed by atoms with Crippen LogP contribution in [0.5, 0.6) is 0 Å². The molecule has 0 aromatic carbocycles. The van der Waals surface area contributed by atoms with Crippen LogP contribution in [-0.4, -0.2) is 15.8 Å². The number of hydrogen-bond donors (Lipinski definition) is 1. The Balaban J connectivity index is 1.95. The monoisotopic (exact) mass is 306 g/mol. The van der Waals surface area contributed by atoms with Gasteiger partial charge in [0.05, 0.1) is 16.0 Å². The second kappa shape index (κ2) is 6.70. The number of rotatable bonds is 6. The van der Waals surface area contributed by atoms with Crippen LogP contribution in [0.3, 0.4) is 0 Å². The van der Waals surface area contributed by atoms with Crippen LogP contribution in [0.2, 0.25) is 0 Å². The van der Waals surface area contributed by atoms with E-state index in [2.05, 4.69) is 40.3 Å². The number of nitrogens with zero attached hydrogens (tertiary/aromatic N) is 1. The van der Waals surface area contributed by atoms with Crippen molar-refractivity contribution in [3.8, 4) is 0 Å². The fraction of sp³-hybridized carbons (Fsp3) is 0.722. The molecule has 0 aromatic heterocycles. The molecule has 21 heavy (non-hydrogen) atoms. The summed E-state index contributed by atoms with van der Waals surface area (Å²) in [5, 5.41) is 1.73. The Kier molecular flexibility index (Phi) is 5.37. The van der Waals surface area contributed by atoms with E-state index in [9.17, 15) is 0 Å². The van der Waals surface area contributed by atoms with Gasteiger partial charge >= 0.3 is 0 Å². The molecule has 0 aromatic rings. The Bertz CT molecular complexity index is 456. The number of allylic oxidation sites excluding steroid dienone is 1. The lowest BCUT2D eigenvalue weighted by Crippen LogP contribution is -2.31. The summed E-state index contributed by atoms with van der Waals surface area (Å²) in [6.07, 6.45) is 8.07. The van der Waals surface area contributed by atoms with Gasteiger partial charge in [-0.15, -0.1) is 0 Å². The molecule has 0 saturated carbocycles. The second-order valence-corrected chi connectivity index (χ2v) is 8.50. The average molecular weight is 307 g/mol. The smallest absolute Gasteiger partial charge is 0.0996 e. The van der Waals surface area contributed by atoms with E-state index in [0.717, 1.165) is 25.2 Å². The SMILES string of the molecule is C=C(CCCC(C)(C)N)C1=NC2=CC(CC)CC(C)C2S1. The Hall–Kier alpha value is -0.540. The average Bonchev–Trinajstić information content (AvgIpc) is 2.81. The highest BCUT2D eigenvalue weighted by molar-refractivity contribution is 8.15. The maximum absolute atomic E-state index is 6.05. The van der Waals surface area contributed by atoms with Gasteiger partial charge in [-0.25, -0.2) is 4.99 Å². The number of hydrogen-bond acceptors (Lipinski definition) is 3. The topological polar surface area (TPSA) is 38.4 Å². The predicted octanol–water partition coefficient (Wildman–Crippen LogP) is 4.91. The lowest BCUT2D eigenvalue weighted by atomic mass is 9.84. The molecule has 0 bridgehead atoms. The van der Waals surface area contributed by atoms with Crippen molar-refractivity contribution in [1.82, 2.24) is 0 Å². The highest BCUT2D eigenvalue weighted by Gasteiger charge is 2.35. The largest absolute Gasteiger partial charge is 0.326 e. The van der Waals surface area contributed by atoms with E-state index < -0.39 is 0 Å². The minimum absolute atomic E-state index is 0.0791. The van der Waals surface area contributed by atoms with Crippen LogP contribution in [0.15, 0.2) is 28.9 Å². The highest BCUT2D eigenvalue weighted by atomic mass is 32.2. The fourth-order valence-corrected chi connectivity index (χ4v) is 4.41. The molecule has 1 aliphatic carbocycles. The number of nitrogens with two attached hydrogens (primary N) is 1. The van der Waals surface area contributed by atoms with Gasteiger partial charge in [0.2, 0.25) is 0 Å². The third-order valence-corrected chi connectivity index (χ3v) is 6.05. The summed E-state index contributed by atoms with van der Waals surface area (Å²) >= 11 is 1.93. The molecule has 0 saturated heterocycles. The summed E-state index contributed by atoms with van der Waals surface area (Å²) in [7, 11) is 0. The first-order valence-electron chi connectivity index (χ1n) is 8.24. The minimum Gasteiger partial charge on any atom is -0.326 e. The standard InChI is InChI=1S/C18H30N2S/c1-6-14-10-13(3)16-15(11-14)20-17(21-16)12(2)8-7-9-18(4,5)19/h11,13-14,16H,2,6-10,19H2,1,3-5H3. The molecule has 1 aliphatic heterocycles. The molecule has 2 aliphatic rings. The fourth-order valence-electron chi connectivity index (χ4n) is 3.15. The highest BCUT2D eigenvalue weighted by Crippen LogP contribution is 2.44. The van der Waals surface area contributed by atoms with Crippen molar-refractivity contribution in [3.63, 3.8) is 0 Å². The van der Waals surface area contributed by atoms with E-state index in [1.165, 1.54) is 29.2 Å². The van der Waals surface area contributed by atoms with Crippen molar-refractivity contribution in [2.45, 2.75) is 70.6 Å². The zero-order chi connectivity index (χ0) is 15.6. The lowest BCUT2D eigenvalue weighted by molar-refractivity contribution is 0.415. The number of aliphatic imine (C=N–C) groups is 1. The van der Waals surface area contributed by atoms with Crippen LogP contribution in [0.25, 0.3) is 0 Å². The van der Waals surface area contributed by atoms with Gasteiger partial charge in [-0.3, -0.25) is 0 Å². The van der Waals surface area contributed by atoms with Crippen molar-refractivity contribution >= 4 is 16.8 Å². The molecule has 1 heterocycles. The van der Waals surface area contributed by atoms with Crippen LogP contribution in [0.1, 0.15) is 59.8 Å². The van der Waals surface area contributed by atoms with E-state index in [1.54, 1.807) is 0 Å². The van der Waals surface area contributed by atoms with Gasteiger partial charge in [-0.1, -0.05) is 38.3 Å². The molecule has 2 nitrogen and oxygen atoms in total. The van der Waals surface area contributed by atoms with Gasteiger partial charge in [0.1, 0.15) is 0 Å². The van der Waals surface area contributed by atoms with Crippen LogP contribution in [0.4, 0.5) is 0 Å². The first kappa shape index (κ1) is 16.8. The van der Waals surface area contributed by atoms with Gasteiger partial charge in [0, 0.05) is 5.54 Å². The zero-order valence-corrected chi connectivity index (χ0v) is 14.8. The van der Waals surface area contributed by atoms with E-state index in [-0.39, 0.29) is 5.54 Å². The summed E-state index contributed by atoms with van der Waals surface area (Å²) in [5.74, 6) is 1.43. The molecule has 3 atom stereocenters. The first-order valence-corrected chi connectivity index (χ1v) is 9.12. The number of fused-ring (bicyclic) bond motifs is 1. The van der Waals surface area contributed by atoms with E-state index in [0.29, 0.717) is 11.2 Å². The molecule has 3 unspecified atom stereocenters. The predicted molar refractivity (Wildman–Crippen MR) is 95.7 cm³/mol. The summed E-state index contributed by atoms with van der Waals surface area (Å²) in [6.45, 7) is 13.1. The summed E-state index contributed by atoms with van der Waals surface area (Å²) in [5.41, 5.74) is 8.47. The van der Waals surface area contributed by atoms with Crippen LogP contribution in [-0.2, 0) is 0 Å². The summed E-state index contributed by atoms with van der Waals surface area (Å²) in [6, 6.07) is 0. The molecule has 0 spiro atoms. The van der Waals surface area contributed by atoms with Crippen molar-refractivity contribution in [2.24, 2.45) is 22.6 Å². The molecular weight excluding hydrogens is 276 g/mol. The molecule has 0 radical (unpaired) electrons. The summed E-state index contributed by atoms with van der Waals surface area (Å²) in [4.78, 5) is 4.88. The van der Waals surface area contributed by atoms with Crippen molar-refractivity contribution in [3.05, 3.63) is 23.9 Å². The molecule has 0 fully saturated rings. The first-order chi connectivity index (χ1) is 9.80. The van der Waals surface area contributed by atoms with Crippen LogP contribution < -0.4 is 5.73 Å². The van der Waals surface area contributed by atoms with Crippen molar-refractivity contribution in [1.29, 1.82) is 0 Å². The molecule has 2 N–H and O–H groups in total. The lowest BCUT2D eigenvalue weighted by Gasteiger charge is -2.28. The normalized spacial score (nSPS) is 28.9. The molecular formula is C18H30N2S. The van der Waals surface area contributed by atoms with Gasteiger partial charge < -0.3 is 5.73 Å². The summed E-state index contributed by atoms with van der Waals surface area (Å²) < 4.78 is 0. The maximum atomic E-state index is 6.05. The molecule has 118 valence electrons. The van der Waals surface area contributed by atoms with Gasteiger partial charge in [0.15, 0.2) is 0 Å². The zero-order valence-electron chi connectivity index (χ0n) is 14.0. The maximum Gasteiger partial charge on any atom is 0.0996 e. The Morgan fingerprint density at radius 3 is 2.86 bits per heavy atom.